The molecule has 21 heavy (non-hydrogen) atoms. The molecule has 0 spiro atoms. The van der Waals surface area contributed by atoms with Crippen molar-refractivity contribution in [2.45, 2.75) is 0 Å². The Morgan fingerprint density at radius 1 is 1.14 bits per heavy atom. The van der Waals surface area contributed by atoms with Gasteiger partial charge in [-0.1, -0.05) is 12.1 Å². The second-order valence-electron chi connectivity index (χ2n) is 4.68. The Bertz CT molecular complexity index is 971. The number of aromatic nitrogens is 4. The van der Waals surface area contributed by atoms with Gasteiger partial charge in [0.2, 0.25) is 5.95 Å². The van der Waals surface area contributed by atoms with Crippen LogP contribution in [-0.2, 0) is 0 Å². The molecule has 3 aromatic heterocycles. The highest BCUT2D eigenvalue weighted by molar-refractivity contribution is 9.10. The first-order valence-electron chi connectivity index (χ1n) is 6.36. The van der Waals surface area contributed by atoms with Gasteiger partial charge in [0.05, 0.1) is 5.69 Å². The third kappa shape index (κ3) is 1.87. The van der Waals surface area contributed by atoms with E-state index in [1.807, 2.05) is 41.1 Å². The van der Waals surface area contributed by atoms with E-state index in [9.17, 15) is 0 Å². The Morgan fingerprint density at radius 3 is 2.95 bits per heavy atom. The Kier molecular flexibility index (Phi) is 2.65. The van der Waals surface area contributed by atoms with Crippen LogP contribution in [0.1, 0.15) is 0 Å². The lowest BCUT2D eigenvalue weighted by Crippen LogP contribution is -2.02. The van der Waals surface area contributed by atoms with E-state index >= 15 is 0 Å². The molecule has 0 aliphatic rings. The summed E-state index contributed by atoms with van der Waals surface area (Å²) in [6.07, 6.45) is 5.34. The van der Waals surface area contributed by atoms with Crippen LogP contribution in [0.25, 0.3) is 27.6 Å². The van der Waals surface area contributed by atoms with Crippen LogP contribution in [0.4, 0.5) is 5.95 Å². The summed E-state index contributed by atoms with van der Waals surface area (Å²) in [4.78, 5) is 13.0. The molecule has 0 radical (unpaired) electrons. The minimum Gasteiger partial charge on any atom is -0.369 e. The van der Waals surface area contributed by atoms with Gasteiger partial charge >= 0.3 is 0 Å². The Labute approximate surface area is 128 Å². The predicted molar refractivity (Wildman–Crippen MR) is 86.3 cm³/mol. The number of hydrogen-bond acceptors (Lipinski definition) is 4. The van der Waals surface area contributed by atoms with Gasteiger partial charge in [-0.2, -0.15) is 0 Å². The number of nitrogens with two attached hydrogens (primary N) is 1. The first kappa shape index (κ1) is 12.3. The molecule has 0 unspecified atom stereocenters. The van der Waals surface area contributed by atoms with Crippen LogP contribution < -0.4 is 5.73 Å². The Hall–Kier alpha value is -2.47. The molecule has 3 heterocycles. The molecule has 1 aromatic carbocycles. The van der Waals surface area contributed by atoms with Crippen molar-refractivity contribution >= 4 is 43.8 Å². The third-order valence-electron chi connectivity index (χ3n) is 3.39. The van der Waals surface area contributed by atoms with Crippen LogP contribution in [0.15, 0.2) is 53.4 Å². The minimum absolute atomic E-state index is 0.409. The standard InChI is InChI=1S/C15H10BrN5/c16-10-6-12-14(19-7-10)21(15(17)20-12)13-3-1-2-9-4-5-18-8-11(9)13/h1-8H,(H2,17,20). The summed E-state index contributed by atoms with van der Waals surface area (Å²) in [7, 11) is 0. The van der Waals surface area contributed by atoms with Gasteiger partial charge < -0.3 is 5.73 Å². The molecular weight excluding hydrogens is 330 g/mol. The van der Waals surface area contributed by atoms with Gasteiger partial charge in [0.1, 0.15) is 5.52 Å². The number of nitrogens with zero attached hydrogens (tertiary/aromatic N) is 4. The second kappa shape index (κ2) is 4.53. The summed E-state index contributed by atoms with van der Waals surface area (Å²) in [5, 5.41) is 2.11. The number of rotatable bonds is 1. The van der Waals surface area contributed by atoms with E-state index in [1.165, 1.54) is 0 Å². The molecular formula is C15H10BrN5. The van der Waals surface area contributed by atoms with Gasteiger partial charge in [0.15, 0.2) is 5.65 Å². The molecule has 4 rings (SSSR count). The summed E-state index contributed by atoms with van der Waals surface area (Å²) < 4.78 is 2.73. The van der Waals surface area contributed by atoms with Crippen molar-refractivity contribution in [3.05, 3.63) is 53.4 Å². The fraction of sp³-hybridized carbons (Fsp3) is 0. The van der Waals surface area contributed by atoms with E-state index in [0.29, 0.717) is 5.95 Å². The minimum atomic E-state index is 0.409. The van der Waals surface area contributed by atoms with E-state index in [2.05, 4.69) is 30.9 Å². The lowest BCUT2D eigenvalue weighted by molar-refractivity contribution is 1.09. The van der Waals surface area contributed by atoms with Crippen molar-refractivity contribution < 1.29 is 0 Å². The van der Waals surface area contributed by atoms with E-state index in [-0.39, 0.29) is 0 Å². The molecule has 0 aliphatic heterocycles. The number of hydrogen-bond donors (Lipinski definition) is 1. The summed E-state index contributed by atoms with van der Waals surface area (Å²) in [6.45, 7) is 0. The fourth-order valence-electron chi connectivity index (χ4n) is 2.49. The summed E-state index contributed by atoms with van der Waals surface area (Å²) in [5.74, 6) is 0.409. The normalized spacial score (nSPS) is 11.3. The highest BCUT2D eigenvalue weighted by Gasteiger charge is 2.13. The lowest BCUT2D eigenvalue weighted by Gasteiger charge is -2.09. The maximum Gasteiger partial charge on any atom is 0.207 e. The smallest absolute Gasteiger partial charge is 0.207 e. The lowest BCUT2D eigenvalue weighted by atomic mass is 10.1. The fourth-order valence-corrected chi connectivity index (χ4v) is 2.81. The van der Waals surface area contributed by atoms with E-state index in [0.717, 1.165) is 32.1 Å². The van der Waals surface area contributed by atoms with E-state index in [1.54, 1.807) is 12.4 Å². The van der Waals surface area contributed by atoms with Gasteiger partial charge in [0.25, 0.3) is 0 Å². The highest BCUT2D eigenvalue weighted by atomic mass is 79.9. The molecule has 102 valence electrons. The summed E-state index contributed by atoms with van der Waals surface area (Å²) in [6, 6.07) is 9.89. The molecule has 0 fully saturated rings. The maximum absolute atomic E-state index is 6.10. The molecule has 0 saturated carbocycles. The van der Waals surface area contributed by atoms with Gasteiger partial charge in [-0.25, -0.2) is 9.97 Å². The maximum atomic E-state index is 6.10. The van der Waals surface area contributed by atoms with Crippen molar-refractivity contribution in [1.82, 2.24) is 19.5 Å². The van der Waals surface area contributed by atoms with Crippen molar-refractivity contribution in [1.29, 1.82) is 0 Å². The van der Waals surface area contributed by atoms with Crippen LogP contribution in [0.2, 0.25) is 0 Å². The van der Waals surface area contributed by atoms with E-state index in [4.69, 9.17) is 5.73 Å². The number of nitrogen functional groups attached to an aromatic ring is 1. The zero-order chi connectivity index (χ0) is 14.4. The molecule has 0 saturated heterocycles. The molecule has 5 nitrogen and oxygen atoms in total. The molecule has 4 aromatic rings. The van der Waals surface area contributed by atoms with Crippen LogP contribution in [-0.4, -0.2) is 19.5 Å². The molecule has 2 N–H and O–H groups in total. The first-order valence-corrected chi connectivity index (χ1v) is 7.16. The summed E-state index contributed by atoms with van der Waals surface area (Å²) >= 11 is 3.40. The van der Waals surface area contributed by atoms with Crippen LogP contribution >= 0.6 is 15.9 Å². The molecule has 0 bridgehead atoms. The Balaban J connectivity index is 2.11. The SMILES string of the molecule is Nc1nc2cc(Br)cnc2n1-c1cccc2ccncc12. The third-order valence-corrected chi connectivity index (χ3v) is 3.82. The van der Waals surface area contributed by atoms with Crippen molar-refractivity contribution in [2.24, 2.45) is 0 Å². The zero-order valence-corrected chi connectivity index (χ0v) is 12.4. The number of pyridine rings is 2. The quantitative estimate of drug-likeness (QED) is 0.577. The van der Waals surface area contributed by atoms with Crippen molar-refractivity contribution in [2.75, 3.05) is 5.73 Å². The van der Waals surface area contributed by atoms with Gasteiger partial charge in [0, 0.05) is 28.4 Å². The highest BCUT2D eigenvalue weighted by Crippen LogP contribution is 2.28. The number of halogens is 1. The number of anilines is 1. The first-order chi connectivity index (χ1) is 10.2. The monoisotopic (exact) mass is 339 g/mol. The van der Waals surface area contributed by atoms with Crippen LogP contribution in [0, 0.1) is 0 Å². The van der Waals surface area contributed by atoms with Crippen LogP contribution in [0.5, 0.6) is 0 Å². The number of fused-ring (bicyclic) bond motifs is 2. The number of benzene rings is 1. The number of imidazole rings is 1. The average molecular weight is 340 g/mol. The summed E-state index contributed by atoms with van der Waals surface area (Å²) in [5.41, 5.74) is 8.51. The topological polar surface area (TPSA) is 69.6 Å². The largest absolute Gasteiger partial charge is 0.369 e. The van der Waals surface area contributed by atoms with Gasteiger partial charge in [-0.15, -0.1) is 0 Å². The molecule has 0 atom stereocenters. The molecule has 6 heteroatoms. The van der Waals surface area contributed by atoms with Gasteiger partial charge in [-0.05, 0) is 39.5 Å². The van der Waals surface area contributed by atoms with Crippen LogP contribution in [0.3, 0.4) is 0 Å². The van der Waals surface area contributed by atoms with E-state index < -0.39 is 0 Å². The Morgan fingerprint density at radius 2 is 2.05 bits per heavy atom. The van der Waals surface area contributed by atoms with Crippen molar-refractivity contribution in [3.63, 3.8) is 0 Å². The van der Waals surface area contributed by atoms with Crippen molar-refractivity contribution in [3.8, 4) is 5.69 Å². The molecule has 0 aliphatic carbocycles. The predicted octanol–water partition coefficient (Wildman–Crippen LogP) is 3.31. The zero-order valence-electron chi connectivity index (χ0n) is 10.9. The second-order valence-corrected chi connectivity index (χ2v) is 5.59. The molecule has 0 amide bonds. The average Bonchev–Trinajstić information content (AvgIpc) is 2.81. The van der Waals surface area contributed by atoms with Gasteiger partial charge in [-0.3, -0.25) is 9.55 Å².